The van der Waals surface area contributed by atoms with Crippen LogP contribution in [0, 0.1) is 0 Å². The van der Waals surface area contributed by atoms with Crippen LogP contribution in [0.25, 0.3) is 11.0 Å². The predicted molar refractivity (Wildman–Crippen MR) is 82.6 cm³/mol. The second-order valence-corrected chi connectivity index (χ2v) is 6.94. The van der Waals surface area contributed by atoms with Gasteiger partial charge in [-0.25, -0.2) is 4.79 Å². The van der Waals surface area contributed by atoms with Crippen molar-refractivity contribution in [2.75, 3.05) is 0 Å². The van der Waals surface area contributed by atoms with Crippen LogP contribution in [0.15, 0.2) is 34.9 Å². The highest BCUT2D eigenvalue weighted by Gasteiger charge is 2.55. The molecule has 1 aliphatic carbocycles. The van der Waals surface area contributed by atoms with Crippen molar-refractivity contribution in [2.24, 2.45) is 0 Å². The molecular formula is C17H21NO4. The summed E-state index contributed by atoms with van der Waals surface area (Å²) in [7, 11) is 0. The van der Waals surface area contributed by atoms with Crippen molar-refractivity contribution in [3.05, 3.63) is 36.1 Å². The molecule has 1 aromatic carbocycles. The van der Waals surface area contributed by atoms with Crippen LogP contribution in [0.1, 0.15) is 32.8 Å². The Bertz CT molecular complexity index is 700. The van der Waals surface area contributed by atoms with Gasteiger partial charge in [0.05, 0.1) is 17.9 Å². The van der Waals surface area contributed by atoms with Crippen LogP contribution >= 0.6 is 0 Å². The molecule has 5 nitrogen and oxygen atoms in total. The first kappa shape index (κ1) is 14.9. The van der Waals surface area contributed by atoms with E-state index in [4.69, 9.17) is 9.15 Å². The lowest BCUT2D eigenvalue weighted by molar-refractivity contribution is 0.0477. The summed E-state index contributed by atoms with van der Waals surface area (Å²) in [6.07, 6.45) is 1.66. The van der Waals surface area contributed by atoms with Crippen LogP contribution in [-0.2, 0) is 11.2 Å². The molecule has 1 fully saturated rings. The number of aliphatic hydroxyl groups is 1. The minimum absolute atomic E-state index is 0.503. The van der Waals surface area contributed by atoms with E-state index in [2.05, 4.69) is 5.32 Å². The van der Waals surface area contributed by atoms with Crippen LogP contribution in [0.2, 0.25) is 0 Å². The Morgan fingerprint density at radius 3 is 2.77 bits per heavy atom. The molecule has 0 saturated heterocycles. The fraction of sp³-hybridized carbons (Fsp3) is 0.471. The number of para-hydroxylation sites is 1. The molecule has 1 aromatic heterocycles. The summed E-state index contributed by atoms with van der Waals surface area (Å²) >= 11 is 0. The molecule has 0 bridgehead atoms. The van der Waals surface area contributed by atoms with Gasteiger partial charge >= 0.3 is 6.09 Å². The number of carbonyl (C=O) groups excluding carboxylic acids is 1. The molecule has 0 unspecified atom stereocenters. The van der Waals surface area contributed by atoms with Crippen LogP contribution < -0.4 is 5.32 Å². The van der Waals surface area contributed by atoms with E-state index in [1.54, 1.807) is 6.26 Å². The summed E-state index contributed by atoms with van der Waals surface area (Å²) in [6, 6.07) is 7.73. The van der Waals surface area contributed by atoms with Gasteiger partial charge in [0.25, 0.3) is 0 Å². The van der Waals surface area contributed by atoms with E-state index >= 15 is 0 Å². The fourth-order valence-electron chi connectivity index (χ4n) is 2.67. The Balaban J connectivity index is 1.76. The van der Waals surface area contributed by atoms with E-state index in [1.165, 1.54) is 0 Å². The Kier molecular flexibility index (Phi) is 3.40. The lowest BCUT2D eigenvalue weighted by Gasteiger charge is -2.23. The maximum Gasteiger partial charge on any atom is 0.408 e. The highest BCUT2D eigenvalue weighted by atomic mass is 16.6. The summed E-state index contributed by atoms with van der Waals surface area (Å²) in [6.45, 7) is 5.44. The molecule has 2 N–H and O–H groups in total. The smallest absolute Gasteiger partial charge is 0.408 e. The van der Waals surface area contributed by atoms with Crippen LogP contribution in [0.5, 0.6) is 0 Å². The second kappa shape index (κ2) is 5.02. The van der Waals surface area contributed by atoms with E-state index in [-0.39, 0.29) is 0 Å². The maximum absolute atomic E-state index is 12.0. The van der Waals surface area contributed by atoms with Crippen molar-refractivity contribution >= 4 is 17.1 Å². The summed E-state index contributed by atoms with van der Waals surface area (Å²) in [5.74, 6) is 0. The molecule has 1 saturated carbocycles. The van der Waals surface area contributed by atoms with Crippen LogP contribution in [-0.4, -0.2) is 28.4 Å². The lowest BCUT2D eigenvalue weighted by Crippen LogP contribution is -2.44. The van der Waals surface area contributed by atoms with Crippen LogP contribution in [0.3, 0.4) is 0 Å². The largest absolute Gasteiger partial charge is 0.464 e. The molecule has 2 aromatic rings. The average molecular weight is 303 g/mol. The Morgan fingerprint density at radius 2 is 2.14 bits per heavy atom. The first-order valence-corrected chi connectivity index (χ1v) is 7.43. The number of aliphatic hydroxyl groups excluding tert-OH is 1. The number of rotatable bonds is 3. The topological polar surface area (TPSA) is 71.7 Å². The van der Waals surface area contributed by atoms with Gasteiger partial charge in [0.15, 0.2) is 0 Å². The fourth-order valence-corrected chi connectivity index (χ4v) is 2.67. The zero-order valence-electron chi connectivity index (χ0n) is 13.1. The number of alkyl carbamates (subject to hydrolysis) is 1. The zero-order valence-corrected chi connectivity index (χ0v) is 13.1. The van der Waals surface area contributed by atoms with E-state index in [9.17, 15) is 9.90 Å². The van der Waals surface area contributed by atoms with E-state index in [0.717, 1.165) is 16.5 Å². The number of fused-ring (bicyclic) bond motifs is 1. The summed E-state index contributed by atoms with van der Waals surface area (Å²) < 4.78 is 10.8. The molecule has 0 spiro atoms. The average Bonchev–Trinajstić information content (AvgIpc) is 2.84. The van der Waals surface area contributed by atoms with Crippen molar-refractivity contribution in [3.8, 4) is 0 Å². The number of hydrogen-bond acceptors (Lipinski definition) is 4. The van der Waals surface area contributed by atoms with Crippen molar-refractivity contribution in [1.29, 1.82) is 0 Å². The van der Waals surface area contributed by atoms with Crippen molar-refractivity contribution < 1.29 is 19.1 Å². The summed E-state index contributed by atoms with van der Waals surface area (Å²) in [5.41, 5.74) is 0.561. The minimum atomic E-state index is -0.658. The highest BCUT2D eigenvalue weighted by Crippen LogP contribution is 2.41. The van der Waals surface area contributed by atoms with E-state index in [0.29, 0.717) is 12.8 Å². The number of amides is 1. The van der Waals surface area contributed by atoms with E-state index in [1.807, 2.05) is 45.0 Å². The van der Waals surface area contributed by atoms with Gasteiger partial charge in [0.1, 0.15) is 11.2 Å². The second-order valence-electron chi connectivity index (χ2n) is 6.94. The molecule has 5 heteroatoms. The Morgan fingerprint density at radius 1 is 1.45 bits per heavy atom. The molecule has 1 aliphatic rings. The monoisotopic (exact) mass is 303 g/mol. The van der Waals surface area contributed by atoms with Gasteiger partial charge in [-0.1, -0.05) is 18.2 Å². The first-order valence-electron chi connectivity index (χ1n) is 7.43. The number of carbonyl (C=O) groups is 1. The first-order chi connectivity index (χ1) is 10.3. The standard InChI is InChI=1S/C17H21NO4/c1-16(2,3)22-15(20)18-17(9-14(17)19)8-11-10-21-13-7-5-4-6-12(11)13/h4-7,10,14,19H,8-9H2,1-3H3,(H,18,20)/t14-,17+/m1/s1. The Labute approximate surface area is 129 Å². The predicted octanol–water partition coefficient (Wildman–Crippen LogP) is 3.00. The number of nitrogens with one attached hydrogen (secondary N) is 1. The van der Waals surface area contributed by atoms with Gasteiger partial charge in [-0.15, -0.1) is 0 Å². The molecule has 1 heterocycles. The molecule has 0 radical (unpaired) electrons. The number of furan rings is 1. The van der Waals surface area contributed by atoms with Crippen LogP contribution in [0.4, 0.5) is 4.79 Å². The lowest BCUT2D eigenvalue weighted by atomic mass is 10.0. The van der Waals surface area contributed by atoms with Gasteiger partial charge < -0.3 is 19.6 Å². The summed E-state index contributed by atoms with van der Waals surface area (Å²) in [5, 5.41) is 13.8. The summed E-state index contributed by atoms with van der Waals surface area (Å²) in [4.78, 5) is 12.0. The molecule has 0 aliphatic heterocycles. The number of hydrogen-bond donors (Lipinski definition) is 2. The molecule has 2 atom stereocenters. The van der Waals surface area contributed by atoms with Gasteiger partial charge in [0, 0.05) is 23.8 Å². The number of benzene rings is 1. The van der Waals surface area contributed by atoms with Gasteiger partial charge in [0.2, 0.25) is 0 Å². The molecule has 118 valence electrons. The quantitative estimate of drug-likeness (QED) is 0.914. The molecule has 3 rings (SSSR count). The molecule has 22 heavy (non-hydrogen) atoms. The molecular weight excluding hydrogens is 282 g/mol. The normalized spacial score (nSPS) is 24.3. The van der Waals surface area contributed by atoms with Crippen molar-refractivity contribution in [1.82, 2.24) is 5.32 Å². The Hall–Kier alpha value is -2.01. The SMILES string of the molecule is CC(C)(C)OC(=O)N[C@@]1(Cc2coc3ccccc23)C[C@H]1O. The van der Waals surface area contributed by atoms with Gasteiger partial charge in [-0.3, -0.25) is 0 Å². The third-order valence-corrected chi connectivity index (χ3v) is 3.85. The van der Waals surface area contributed by atoms with Gasteiger partial charge in [-0.05, 0) is 26.8 Å². The number of ether oxygens (including phenoxy) is 1. The zero-order chi connectivity index (χ0) is 16.0. The minimum Gasteiger partial charge on any atom is -0.464 e. The van der Waals surface area contributed by atoms with Gasteiger partial charge in [-0.2, -0.15) is 0 Å². The third kappa shape index (κ3) is 2.95. The third-order valence-electron chi connectivity index (χ3n) is 3.85. The molecule has 1 amide bonds. The maximum atomic E-state index is 12.0. The highest BCUT2D eigenvalue weighted by molar-refractivity contribution is 5.81. The van der Waals surface area contributed by atoms with Crippen molar-refractivity contribution in [2.45, 2.75) is 50.9 Å². The van der Waals surface area contributed by atoms with Crippen molar-refractivity contribution in [3.63, 3.8) is 0 Å². The van der Waals surface area contributed by atoms with E-state index < -0.39 is 23.3 Å².